The smallest absolute Gasteiger partial charge is 0.417 e. The van der Waals surface area contributed by atoms with Crippen molar-refractivity contribution in [1.82, 2.24) is 20.5 Å². The zero-order valence-electron chi connectivity index (χ0n) is 39.9. The van der Waals surface area contributed by atoms with Gasteiger partial charge in [0.05, 0.1) is 41.3 Å². The summed E-state index contributed by atoms with van der Waals surface area (Å²) in [6.07, 6.45) is -2.34. The molecule has 0 bridgehead atoms. The van der Waals surface area contributed by atoms with E-state index in [9.17, 15) is 42.7 Å². The third-order valence-corrected chi connectivity index (χ3v) is 12.3. The van der Waals surface area contributed by atoms with E-state index in [-0.39, 0.29) is 43.5 Å². The highest BCUT2D eigenvalue weighted by atomic mass is 32.1. The van der Waals surface area contributed by atoms with Crippen molar-refractivity contribution >= 4 is 52.3 Å². The molecule has 0 spiro atoms. The van der Waals surface area contributed by atoms with Crippen LogP contribution < -0.4 is 25.2 Å². The van der Waals surface area contributed by atoms with Gasteiger partial charge in [-0.3, -0.25) is 24.1 Å². The van der Waals surface area contributed by atoms with Crippen molar-refractivity contribution < 1.29 is 56.1 Å². The van der Waals surface area contributed by atoms with Gasteiger partial charge in [0, 0.05) is 50.6 Å². The molecule has 1 aromatic heterocycles. The number of nitrogens with one attached hydrogen (secondary N) is 2. The molecule has 16 nitrogen and oxygen atoms in total. The van der Waals surface area contributed by atoms with Crippen molar-refractivity contribution in [3.8, 4) is 23.1 Å². The molecule has 0 radical (unpaired) electrons. The van der Waals surface area contributed by atoms with Crippen molar-refractivity contribution in [3.63, 3.8) is 0 Å². The zero-order chi connectivity index (χ0) is 51.0. The third-order valence-electron chi connectivity index (χ3n) is 11.9. The Kier molecular flexibility index (Phi) is 17.1. The third kappa shape index (κ3) is 12.7. The number of rotatable bonds is 20. The van der Waals surface area contributed by atoms with Gasteiger partial charge in [0.1, 0.15) is 30.0 Å². The van der Waals surface area contributed by atoms with Gasteiger partial charge >= 0.3 is 6.18 Å². The minimum absolute atomic E-state index is 0.00847. The Balaban J connectivity index is 0.867. The number of ether oxygens (including phenoxy) is 3. The van der Waals surface area contributed by atoms with Crippen LogP contribution in [0.25, 0.3) is 11.3 Å². The first-order chi connectivity index (χ1) is 33.1. The lowest BCUT2D eigenvalue weighted by molar-refractivity contribution is -0.144. The first kappa shape index (κ1) is 53.0. The van der Waals surface area contributed by atoms with Crippen LogP contribution in [-0.2, 0) is 41.4 Å². The van der Waals surface area contributed by atoms with E-state index in [2.05, 4.69) is 15.6 Å². The number of benzene rings is 3. The van der Waals surface area contributed by atoms with Gasteiger partial charge in [-0.15, -0.1) is 0 Å². The van der Waals surface area contributed by atoms with Crippen LogP contribution in [-0.4, -0.2) is 107 Å². The number of carbonyl (C=O) groups is 4. The lowest BCUT2D eigenvalue weighted by Crippen LogP contribution is -2.58. The number of oxazole rings is 1. The number of aliphatic hydroxyl groups is 1. The molecule has 4 aromatic rings. The Morgan fingerprint density at radius 3 is 2.27 bits per heavy atom. The molecular formula is C50H58F3N7O9S. The Morgan fingerprint density at radius 2 is 1.63 bits per heavy atom. The van der Waals surface area contributed by atoms with E-state index in [1.54, 1.807) is 69.9 Å². The molecule has 2 saturated heterocycles. The summed E-state index contributed by atoms with van der Waals surface area (Å²) in [6, 6.07) is 17.0. The van der Waals surface area contributed by atoms with Gasteiger partial charge in [-0.05, 0) is 106 Å². The highest BCUT2D eigenvalue weighted by Gasteiger charge is 2.51. The summed E-state index contributed by atoms with van der Waals surface area (Å²) in [7, 11) is 0. The number of alkyl halides is 3. The maximum atomic E-state index is 13.9. The number of nitrogens with zero attached hydrogens (tertiary/aromatic N) is 5. The highest BCUT2D eigenvalue weighted by Crippen LogP contribution is 2.40. The lowest BCUT2D eigenvalue weighted by atomic mass is 9.85. The largest absolute Gasteiger partial charge is 0.494 e. The van der Waals surface area contributed by atoms with Gasteiger partial charge in [0.15, 0.2) is 17.3 Å². The van der Waals surface area contributed by atoms with E-state index in [0.717, 1.165) is 33.9 Å². The van der Waals surface area contributed by atoms with E-state index in [4.69, 9.17) is 30.8 Å². The quantitative estimate of drug-likeness (QED) is 0.0615. The number of halogens is 3. The molecule has 3 aromatic carbocycles. The molecule has 2 fully saturated rings. The van der Waals surface area contributed by atoms with Crippen LogP contribution in [0.15, 0.2) is 77.5 Å². The molecule has 374 valence electrons. The average Bonchev–Trinajstić information content (AvgIpc) is 3.98. The number of hydrogen-bond acceptors (Lipinski definition) is 12. The maximum Gasteiger partial charge on any atom is 0.417 e. The number of hydrogen-bond donors (Lipinski definition) is 3. The number of likely N-dealkylation sites (tertiary alicyclic amines) is 1. The molecule has 70 heavy (non-hydrogen) atoms. The number of unbranched alkanes of at least 4 members (excludes halogenated alkanes) is 1. The van der Waals surface area contributed by atoms with Gasteiger partial charge in [-0.1, -0.05) is 45.0 Å². The Morgan fingerprint density at radius 1 is 0.971 bits per heavy atom. The van der Waals surface area contributed by atoms with E-state index >= 15 is 0 Å². The number of anilines is 2. The average molecular weight is 990 g/mol. The first-order valence-electron chi connectivity index (χ1n) is 22.8. The topological polar surface area (TPSA) is 200 Å². The van der Waals surface area contributed by atoms with Crippen LogP contribution in [0.5, 0.6) is 5.75 Å². The molecule has 0 aliphatic carbocycles. The SMILES string of the molecule is Cc1ncoc1-c1ccc(CNC(=O)[C@@H]2C[C@@H](O)CN2C(=O)C(NC(=O)COCCCOCCCCOc2ccc(N3C(=S)N(c4ccc(C#N)c(C(F)(F)F)c4)C(=O)C3(C)C)cc2)C(C)(C)C)cc1. The minimum atomic E-state index is -4.80. The second-order valence-corrected chi connectivity index (χ2v) is 19.0. The van der Waals surface area contributed by atoms with Gasteiger partial charge in [0.25, 0.3) is 5.91 Å². The molecule has 1 unspecified atom stereocenters. The zero-order valence-corrected chi connectivity index (χ0v) is 40.7. The molecule has 4 amide bonds. The number of aryl methyl sites for hydroxylation is 1. The van der Waals surface area contributed by atoms with Crippen molar-refractivity contribution in [3.05, 3.63) is 95.5 Å². The standard InChI is InChI=1S/C50H58F3N7O9S/c1-31-42(69-30-56-31)33-12-10-32(11-13-33)27-55-44(63)40-25-37(61)28-58(40)45(64)43(48(2,3)4)57-41(62)29-67-22-9-21-66-20-7-8-23-68-38-18-16-35(17-19-38)60-47(70)59(46(65)49(60,5)6)36-15-14-34(26-54)39(24-36)50(51,52)53/h10-19,24,30,37,40,43,61H,7-9,20-23,25,27-29H2,1-6H3,(H,55,63)(H,57,62)/t37-,40+,43?/m1/s1. The molecule has 2 aliphatic rings. The van der Waals surface area contributed by atoms with Crippen molar-refractivity contribution in [2.75, 3.05) is 49.4 Å². The van der Waals surface area contributed by atoms with Gasteiger partial charge < -0.3 is 44.2 Å². The van der Waals surface area contributed by atoms with Crippen LogP contribution in [0, 0.1) is 23.7 Å². The summed E-state index contributed by atoms with van der Waals surface area (Å²) in [5.74, 6) is -0.677. The molecule has 20 heteroatoms. The lowest BCUT2D eigenvalue weighted by Gasteiger charge is -2.35. The van der Waals surface area contributed by atoms with Crippen molar-refractivity contribution in [2.45, 2.75) is 104 Å². The van der Waals surface area contributed by atoms with E-state index in [0.29, 0.717) is 56.3 Å². The molecule has 3 heterocycles. The van der Waals surface area contributed by atoms with E-state index in [1.807, 2.05) is 31.2 Å². The molecule has 3 atom stereocenters. The van der Waals surface area contributed by atoms with Crippen molar-refractivity contribution in [1.29, 1.82) is 5.26 Å². The van der Waals surface area contributed by atoms with Crippen LogP contribution in [0.3, 0.4) is 0 Å². The fourth-order valence-corrected chi connectivity index (χ4v) is 8.68. The van der Waals surface area contributed by atoms with Crippen molar-refractivity contribution in [2.24, 2.45) is 5.41 Å². The van der Waals surface area contributed by atoms with Crippen LogP contribution in [0.2, 0.25) is 0 Å². The summed E-state index contributed by atoms with van der Waals surface area (Å²) in [5.41, 5.74) is -0.777. The number of thiocarbonyl (C=S) groups is 1. The number of β-amino-alcohol motifs (C(OH)–C–C–N with tert-alkyl or cyclic N) is 1. The normalized spacial score (nSPS) is 17.4. The highest BCUT2D eigenvalue weighted by molar-refractivity contribution is 7.81. The van der Waals surface area contributed by atoms with Crippen LogP contribution >= 0.6 is 12.2 Å². The second-order valence-electron chi connectivity index (χ2n) is 18.7. The van der Waals surface area contributed by atoms with E-state index < -0.39 is 70.1 Å². The summed E-state index contributed by atoms with van der Waals surface area (Å²) in [5, 5.41) is 25.4. The fourth-order valence-electron chi connectivity index (χ4n) is 8.16. The van der Waals surface area contributed by atoms with E-state index in [1.165, 1.54) is 17.4 Å². The Bertz CT molecular complexity index is 2560. The van der Waals surface area contributed by atoms with Gasteiger partial charge in [-0.25, -0.2) is 4.98 Å². The Labute approximate surface area is 410 Å². The Hall–Kier alpha value is -6.40. The van der Waals surface area contributed by atoms with Gasteiger partial charge in [0.2, 0.25) is 17.7 Å². The predicted molar refractivity (Wildman–Crippen MR) is 256 cm³/mol. The fraction of sp³-hybridized carbons (Fsp3) is 0.460. The number of nitriles is 1. The monoisotopic (exact) mass is 989 g/mol. The predicted octanol–water partition coefficient (Wildman–Crippen LogP) is 6.85. The van der Waals surface area contributed by atoms with Crippen LogP contribution in [0.4, 0.5) is 24.5 Å². The summed E-state index contributed by atoms with van der Waals surface area (Å²) >= 11 is 5.62. The molecule has 3 N–H and O–H groups in total. The van der Waals surface area contributed by atoms with Crippen LogP contribution in [0.1, 0.15) is 82.7 Å². The number of aliphatic hydroxyl groups excluding tert-OH is 1. The first-order valence-corrected chi connectivity index (χ1v) is 23.3. The summed E-state index contributed by atoms with van der Waals surface area (Å²) in [6.45, 7) is 11.9. The number of amides is 4. The molecule has 6 rings (SSSR count). The summed E-state index contributed by atoms with van der Waals surface area (Å²) < 4.78 is 63.7. The molecular weight excluding hydrogens is 932 g/mol. The summed E-state index contributed by atoms with van der Waals surface area (Å²) in [4.78, 5) is 61.9. The molecule has 2 aliphatic heterocycles. The maximum absolute atomic E-state index is 13.9. The second kappa shape index (κ2) is 22.6. The number of aromatic nitrogens is 1. The van der Waals surface area contributed by atoms with Gasteiger partial charge in [-0.2, -0.15) is 18.4 Å². The molecule has 0 saturated carbocycles. The minimum Gasteiger partial charge on any atom is -0.494 e. The number of carbonyl (C=O) groups excluding carboxylic acids is 4.